The van der Waals surface area contributed by atoms with E-state index in [1.54, 1.807) is 24.3 Å². The van der Waals surface area contributed by atoms with Gasteiger partial charge in [-0.2, -0.15) is 0 Å². The number of halogens is 1. The Kier molecular flexibility index (Phi) is 6.91. The predicted molar refractivity (Wildman–Crippen MR) is 129 cm³/mol. The third kappa shape index (κ3) is 5.20. The fourth-order valence-corrected chi connectivity index (χ4v) is 4.26. The fourth-order valence-electron chi connectivity index (χ4n) is 4.13. The second-order valence-electron chi connectivity index (χ2n) is 8.29. The molecule has 4 nitrogen and oxygen atoms in total. The Hall–Kier alpha value is -3.11. The van der Waals surface area contributed by atoms with Crippen molar-refractivity contribution < 1.29 is 9.59 Å². The molecule has 1 atom stereocenters. The first-order valence-corrected chi connectivity index (χ1v) is 11.4. The van der Waals surface area contributed by atoms with Crippen molar-refractivity contribution in [2.45, 2.75) is 25.8 Å². The summed E-state index contributed by atoms with van der Waals surface area (Å²) in [7, 11) is 0. The van der Waals surface area contributed by atoms with E-state index in [9.17, 15) is 9.59 Å². The summed E-state index contributed by atoms with van der Waals surface area (Å²) >= 11 is 5.91. The van der Waals surface area contributed by atoms with Gasteiger partial charge in [0, 0.05) is 29.6 Å². The van der Waals surface area contributed by atoms with E-state index in [-0.39, 0.29) is 23.8 Å². The summed E-state index contributed by atoms with van der Waals surface area (Å²) in [6.45, 7) is 3.17. The molecule has 0 radical (unpaired) electrons. The molecule has 1 aliphatic rings. The van der Waals surface area contributed by atoms with Gasteiger partial charge in [-0.25, -0.2) is 0 Å². The van der Waals surface area contributed by atoms with Gasteiger partial charge in [0.15, 0.2) is 0 Å². The summed E-state index contributed by atoms with van der Waals surface area (Å²) in [5.74, 6) is -0.0223. The highest BCUT2D eigenvalue weighted by Crippen LogP contribution is 2.24. The first-order chi connectivity index (χ1) is 15.5. The first kappa shape index (κ1) is 22.1. The maximum atomic E-state index is 12.8. The molecule has 1 aliphatic heterocycles. The minimum atomic E-state index is -0.0738. The van der Waals surface area contributed by atoms with Crippen LogP contribution in [-0.4, -0.2) is 29.8 Å². The molecule has 5 heteroatoms. The van der Waals surface area contributed by atoms with Gasteiger partial charge in [0.05, 0.1) is 6.04 Å². The minimum Gasteiger partial charge on any atom is -0.349 e. The third-order valence-corrected chi connectivity index (χ3v) is 6.37. The average molecular weight is 447 g/mol. The molecule has 1 N–H and O–H groups in total. The number of likely N-dealkylation sites (tertiary alicyclic amines) is 1. The van der Waals surface area contributed by atoms with E-state index in [1.807, 2.05) is 30.0 Å². The zero-order valence-electron chi connectivity index (χ0n) is 18.1. The molecule has 2 amide bonds. The highest BCUT2D eigenvalue weighted by Gasteiger charge is 2.28. The SMILES string of the molecule is C[C@@H](NC(=O)C1CCN(C(=O)c2ccc(Cl)cc2)CC1)c1ccc(-c2ccccc2)cc1. The monoisotopic (exact) mass is 446 g/mol. The summed E-state index contributed by atoms with van der Waals surface area (Å²) in [6, 6.07) is 25.4. The Morgan fingerprint density at radius 2 is 1.47 bits per heavy atom. The summed E-state index contributed by atoms with van der Waals surface area (Å²) in [4.78, 5) is 27.3. The molecule has 3 aromatic rings. The van der Waals surface area contributed by atoms with Crippen molar-refractivity contribution in [3.63, 3.8) is 0 Å². The molecule has 0 bridgehead atoms. The molecule has 0 spiro atoms. The summed E-state index contributed by atoms with van der Waals surface area (Å²) in [5, 5.41) is 3.76. The summed E-state index contributed by atoms with van der Waals surface area (Å²) < 4.78 is 0. The van der Waals surface area contributed by atoms with Crippen LogP contribution in [0.1, 0.15) is 41.7 Å². The predicted octanol–water partition coefficient (Wildman–Crippen LogP) is 5.74. The number of nitrogens with one attached hydrogen (secondary N) is 1. The maximum absolute atomic E-state index is 12.8. The molecule has 4 rings (SSSR count). The number of benzene rings is 3. The normalized spacial score (nSPS) is 15.2. The summed E-state index contributed by atoms with van der Waals surface area (Å²) in [5.41, 5.74) is 4.04. The average Bonchev–Trinajstić information content (AvgIpc) is 2.85. The highest BCUT2D eigenvalue weighted by molar-refractivity contribution is 6.30. The van der Waals surface area contributed by atoms with E-state index in [0.29, 0.717) is 36.5 Å². The van der Waals surface area contributed by atoms with Crippen LogP contribution in [0.3, 0.4) is 0 Å². The fraction of sp³-hybridized carbons (Fsp3) is 0.259. The van der Waals surface area contributed by atoms with E-state index in [0.717, 1.165) is 11.1 Å². The van der Waals surface area contributed by atoms with Crippen LogP contribution in [0.4, 0.5) is 0 Å². The molecular weight excluding hydrogens is 420 g/mol. The topological polar surface area (TPSA) is 49.4 Å². The van der Waals surface area contributed by atoms with Gasteiger partial charge in [-0.1, -0.05) is 66.2 Å². The Morgan fingerprint density at radius 1 is 0.875 bits per heavy atom. The van der Waals surface area contributed by atoms with Crippen LogP contribution in [0.15, 0.2) is 78.9 Å². The second kappa shape index (κ2) is 10.0. The molecule has 1 saturated heterocycles. The van der Waals surface area contributed by atoms with Crippen molar-refractivity contribution in [3.05, 3.63) is 95.0 Å². The van der Waals surface area contributed by atoms with Gasteiger partial charge in [-0.15, -0.1) is 0 Å². The number of amides is 2. The molecule has 164 valence electrons. The van der Waals surface area contributed by atoms with E-state index in [1.165, 1.54) is 5.56 Å². The van der Waals surface area contributed by atoms with E-state index in [4.69, 9.17) is 11.6 Å². The van der Waals surface area contributed by atoms with Crippen LogP contribution in [0.2, 0.25) is 5.02 Å². The van der Waals surface area contributed by atoms with E-state index in [2.05, 4.69) is 41.7 Å². The lowest BCUT2D eigenvalue weighted by Crippen LogP contribution is -2.43. The second-order valence-corrected chi connectivity index (χ2v) is 8.73. The third-order valence-electron chi connectivity index (χ3n) is 6.12. The molecule has 0 saturated carbocycles. The van der Waals surface area contributed by atoms with E-state index >= 15 is 0 Å². The quantitative estimate of drug-likeness (QED) is 0.543. The molecule has 0 aliphatic carbocycles. The molecule has 1 fully saturated rings. The van der Waals surface area contributed by atoms with Crippen LogP contribution in [0.25, 0.3) is 11.1 Å². The van der Waals surface area contributed by atoms with Gasteiger partial charge < -0.3 is 10.2 Å². The molecule has 32 heavy (non-hydrogen) atoms. The van der Waals surface area contributed by atoms with E-state index < -0.39 is 0 Å². The zero-order valence-corrected chi connectivity index (χ0v) is 18.9. The number of piperidine rings is 1. The number of rotatable bonds is 5. The smallest absolute Gasteiger partial charge is 0.253 e. The minimum absolute atomic E-state index is 0.00704. The Labute approximate surface area is 194 Å². The number of carbonyl (C=O) groups excluding carboxylic acids is 2. The van der Waals surface area contributed by atoms with Gasteiger partial charge in [-0.3, -0.25) is 9.59 Å². The van der Waals surface area contributed by atoms with Crippen LogP contribution in [-0.2, 0) is 4.79 Å². The number of hydrogen-bond donors (Lipinski definition) is 1. The maximum Gasteiger partial charge on any atom is 0.253 e. The zero-order chi connectivity index (χ0) is 22.5. The number of carbonyl (C=O) groups is 2. The van der Waals surface area contributed by atoms with Crippen molar-refractivity contribution in [1.29, 1.82) is 0 Å². The largest absolute Gasteiger partial charge is 0.349 e. The van der Waals surface area contributed by atoms with Crippen molar-refractivity contribution in [2.75, 3.05) is 13.1 Å². The number of nitrogens with zero attached hydrogens (tertiary/aromatic N) is 1. The molecular formula is C27H27ClN2O2. The highest BCUT2D eigenvalue weighted by atomic mass is 35.5. The van der Waals surface area contributed by atoms with Crippen LogP contribution in [0.5, 0.6) is 0 Å². The van der Waals surface area contributed by atoms with Crippen molar-refractivity contribution in [2.24, 2.45) is 5.92 Å². The van der Waals surface area contributed by atoms with Crippen LogP contribution < -0.4 is 5.32 Å². The molecule has 3 aromatic carbocycles. The van der Waals surface area contributed by atoms with Gasteiger partial charge in [0.2, 0.25) is 5.91 Å². The molecule has 0 aromatic heterocycles. The first-order valence-electron chi connectivity index (χ1n) is 11.0. The Balaban J connectivity index is 1.30. The van der Waals surface area contributed by atoms with Crippen molar-refractivity contribution >= 4 is 23.4 Å². The standard InChI is InChI=1S/C27H27ClN2O2/c1-19(20-7-9-22(10-8-20)21-5-3-2-4-6-21)29-26(31)23-15-17-30(18-16-23)27(32)24-11-13-25(28)14-12-24/h2-14,19,23H,15-18H2,1H3,(H,29,31)/t19-/m1/s1. The van der Waals surface area contributed by atoms with Gasteiger partial charge in [0.1, 0.15) is 0 Å². The Bertz CT molecular complexity index is 1060. The van der Waals surface area contributed by atoms with Crippen molar-refractivity contribution in [1.82, 2.24) is 10.2 Å². The Morgan fingerprint density at radius 3 is 2.09 bits per heavy atom. The lowest BCUT2D eigenvalue weighted by molar-refractivity contribution is -0.126. The molecule has 0 unspecified atom stereocenters. The van der Waals surface area contributed by atoms with Gasteiger partial charge >= 0.3 is 0 Å². The van der Waals surface area contributed by atoms with Crippen LogP contribution >= 0.6 is 11.6 Å². The molecule has 1 heterocycles. The van der Waals surface area contributed by atoms with Crippen LogP contribution in [0, 0.1) is 5.92 Å². The summed E-state index contributed by atoms with van der Waals surface area (Å²) in [6.07, 6.45) is 1.34. The van der Waals surface area contributed by atoms with Crippen molar-refractivity contribution in [3.8, 4) is 11.1 Å². The van der Waals surface area contributed by atoms with Gasteiger partial charge in [-0.05, 0) is 60.7 Å². The number of hydrogen-bond acceptors (Lipinski definition) is 2. The lowest BCUT2D eigenvalue weighted by atomic mass is 9.94. The lowest BCUT2D eigenvalue weighted by Gasteiger charge is -2.32. The van der Waals surface area contributed by atoms with Gasteiger partial charge in [0.25, 0.3) is 5.91 Å².